The molecule has 0 saturated heterocycles. The highest BCUT2D eigenvalue weighted by Gasteiger charge is 2.19. The molecule has 0 saturated carbocycles. The number of nitrogens with two attached hydrogens (primary N) is 2. The van der Waals surface area contributed by atoms with Gasteiger partial charge >= 0.3 is 5.97 Å². The summed E-state index contributed by atoms with van der Waals surface area (Å²) in [5.41, 5.74) is 10.2. The van der Waals surface area contributed by atoms with Crippen LogP contribution in [0, 0.1) is 0 Å². The zero-order valence-corrected chi connectivity index (χ0v) is 10.3. The Hall–Kier alpha value is -2.42. The highest BCUT2D eigenvalue weighted by molar-refractivity contribution is 5.96. The number of aliphatic carboxylic acids is 1. The first-order valence-corrected chi connectivity index (χ1v) is 5.28. The smallest absolute Gasteiger partial charge is 0.325 e. The molecule has 9 nitrogen and oxygen atoms in total. The van der Waals surface area contributed by atoms with Gasteiger partial charge < -0.3 is 27.2 Å². The van der Waals surface area contributed by atoms with Gasteiger partial charge in [-0.2, -0.15) is 0 Å². The van der Waals surface area contributed by atoms with E-state index in [1.165, 1.54) is 6.92 Å². The third kappa shape index (κ3) is 7.49. The Labute approximate surface area is 109 Å². The molecule has 0 aromatic rings. The quantitative estimate of drug-likeness (QED) is 0.311. The molecule has 0 aliphatic carbocycles. The lowest BCUT2D eigenvalue weighted by Gasteiger charge is -2.14. The molecule has 0 aromatic carbocycles. The number of rotatable bonds is 7. The number of carboxylic acids is 1. The summed E-state index contributed by atoms with van der Waals surface area (Å²) in [4.78, 5) is 43.4. The number of carbonyl (C=O) groups excluding carboxylic acids is 3. The summed E-state index contributed by atoms with van der Waals surface area (Å²) in [7, 11) is 0. The van der Waals surface area contributed by atoms with Gasteiger partial charge in [0.2, 0.25) is 17.7 Å². The second-order valence-electron chi connectivity index (χ2n) is 3.66. The Morgan fingerprint density at radius 3 is 2.32 bits per heavy atom. The van der Waals surface area contributed by atoms with E-state index in [2.05, 4.69) is 10.6 Å². The summed E-state index contributed by atoms with van der Waals surface area (Å²) in [6.45, 7) is 1.07. The molecule has 0 heterocycles. The normalized spacial score (nSPS) is 13.6. The van der Waals surface area contributed by atoms with Gasteiger partial charge in [-0.25, -0.2) is 0 Å². The molecule has 0 spiro atoms. The van der Waals surface area contributed by atoms with Gasteiger partial charge in [-0.05, 0) is 6.92 Å². The number of amides is 3. The maximum absolute atomic E-state index is 11.4. The molecule has 0 fully saturated rings. The Kier molecular flexibility index (Phi) is 6.82. The van der Waals surface area contributed by atoms with E-state index in [0.717, 1.165) is 12.2 Å². The second kappa shape index (κ2) is 7.82. The fraction of sp³-hybridized carbons (Fsp3) is 0.400. The fourth-order valence-corrected chi connectivity index (χ4v) is 0.902. The van der Waals surface area contributed by atoms with Crippen LogP contribution in [0.25, 0.3) is 0 Å². The van der Waals surface area contributed by atoms with Crippen LogP contribution in [0.4, 0.5) is 0 Å². The number of nitrogens with one attached hydrogen (secondary N) is 2. The lowest BCUT2D eigenvalue weighted by molar-refractivity contribution is -0.141. The minimum Gasteiger partial charge on any atom is -0.480 e. The summed E-state index contributed by atoms with van der Waals surface area (Å²) in [5, 5.41) is 13.0. The monoisotopic (exact) mass is 272 g/mol. The fourth-order valence-electron chi connectivity index (χ4n) is 0.902. The van der Waals surface area contributed by atoms with Crippen LogP contribution in [0.2, 0.25) is 0 Å². The third-order valence-electron chi connectivity index (χ3n) is 1.96. The maximum Gasteiger partial charge on any atom is 0.325 e. The van der Waals surface area contributed by atoms with Crippen LogP contribution in [-0.4, -0.2) is 47.4 Å². The number of carbonyl (C=O) groups is 4. The average molecular weight is 272 g/mol. The Morgan fingerprint density at radius 2 is 1.84 bits per heavy atom. The largest absolute Gasteiger partial charge is 0.480 e. The van der Waals surface area contributed by atoms with Crippen LogP contribution in [0.5, 0.6) is 0 Å². The van der Waals surface area contributed by atoms with E-state index in [-0.39, 0.29) is 6.54 Å². The van der Waals surface area contributed by atoms with Crippen molar-refractivity contribution in [3.05, 3.63) is 12.2 Å². The number of hydrogen-bond acceptors (Lipinski definition) is 5. The molecule has 9 heteroatoms. The first-order valence-electron chi connectivity index (χ1n) is 5.28. The predicted molar refractivity (Wildman–Crippen MR) is 64.6 cm³/mol. The van der Waals surface area contributed by atoms with Crippen molar-refractivity contribution in [1.82, 2.24) is 10.6 Å². The van der Waals surface area contributed by atoms with Crippen molar-refractivity contribution >= 4 is 23.7 Å². The Balaban J connectivity index is 4.13. The van der Waals surface area contributed by atoms with Crippen molar-refractivity contribution in [2.24, 2.45) is 11.5 Å². The zero-order valence-electron chi connectivity index (χ0n) is 10.3. The molecule has 0 rings (SSSR count). The molecule has 7 N–H and O–H groups in total. The topological polar surface area (TPSA) is 165 Å². The van der Waals surface area contributed by atoms with Crippen LogP contribution in [0.15, 0.2) is 12.2 Å². The lowest BCUT2D eigenvalue weighted by atomic mass is 10.2. The Morgan fingerprint density at radius 1 is 1.26 bits per heavy atom. The molecular formula is C10H16N4O5. The molecule has 2 atom stereocenters. The van der Waals surface area contributed by atoms with Crippen LogP contribution < -0.4 is 22.1 Å². The summed E-state index contributed by atoms with van der Waals surface area (Å²) in [6, 6.07) is -2.18. The van der Waals surface area contributed by atoms with Crippen molar-refractivity contribution < 1.29 is 24.3 Å². The summed E-state index contributed by atoms with van der Waals surface area (Å²) in [6.07, 6.45) is 1.75. The van der Waals surface area contributed by atoms with Crippen molar-refractivity contribution in [3.8, 4) is 0 Å². The number of carboxylic acid groups (broad SMARTS) is 1. The molecule has 106 valence electrons. The van der Waals surface area contributed by atoms with Gasteiger partial charge in [-0.1, -0.05) is 0 Å². The second-order valence-corrected chi connectivity index (χ2v) is 3.66. The van der Waals surface area contributed by atoms with Crippen molar-refractivity contribution in [3.63, 3.8) is 0 Å². The van der Waals surface area contributed by atoms with Crippen molar-refractivity contribution in [1.29, 1.82) is 0 Å². The average Bonchev–Trinajstić information content (AvgIpc) is 2.32. The third-order valence-corrected chi connectivity index (χ3v) is 1.96. The molecule has 0 radical (unpaired) electrons. The van der Waals surface area contributed by atoms with Crippen LogP contribution >= 0.6 is 0 Å². The van der Waals surface area contributed by atoms with Crippen LogP contribution in [0.1, 0.15) is 6.92 Å². The standard InChI is InChI=1S/C10H16N4O5/c1-5(10(18)19)14-9(17)6(11)4-13-8(16)3-2-7(12)15/h2-3,5-6H,4,11H2,1H3,(H2,12,15)(H,13,16)(H,14,17)(H,18,19). The van der Waals surface area contributed by atoms with Gasteiger partial charge in [-0.3, -0.25) is 19.2 Å². The van der Waals surface area contributed by atoms with E-state index < -0.39 is 35.8 Å². The SMILES string of the molecule is CC(NC(=O)C(N)CNC(=O)C=CC(N)=O)C(=O)O. The molecule has 3 amide bonds. The van der Waals surface area contributed by atoms with E-state index in [1.54, 1.807) is 0 Å². The summed E-state index contributed by atoms with van der Waals surface area (Å²) >= 11 is 0. The highest BCUT2D eigenvalue weighted by Crippen LogP contribution is 1.85. The molecular weight excluding hydrogens is 256 g/mol. The molecule has 0 bridgehead atoms. The highest BCUT2D eigenvalue weighted by atomic mass is 16.4. The predicted octanol–water partition coefficient (Wildman–Crippen LogP) is -2.94. The van der Waals surface area contributed by atoms with E-state index in [4.69, 9.17) is 16.6 Å². The van der Waals surface area contributed by atoms with E-state index in [1.807, 2.05) is 0 Å². The Bertz CT molecular complexity index is 407. The van der Waals surface area contributed by atoms with Gasteiger partial charge in [0, 0.05) is 18.7 Å². The summed E-state index contributed by atoms with van der Waals surface area (Å²) < 4.78 is 0. The van der Waals surface area contributed by atoms with Crippen molar-refractivity contribution in [2.45, 2.75) is 19.0 Å². The van der Waals surface area contributed by atoms with Gasteiger partial charge in [0.15, 0.2) is 0 Å². The molecule has 0 aliphatic rings. The molecule has 2 unspecified atom stereocenters. The minimum absolute atomic E-state index is 0.208. The number of hydrogen-bond donors (Lipinski definition) is 5. The summed E-state index contributed by atoms with van der Waals surface area (Å²) in [5.74, 6) is -3.34. The van der Waals surface area contributed by atoms with Gasteiger partial charge in [0.05, 0.1) is 0 Å². The molecule has 0 aliphatic heterocycles. The molecule has 19 heavy (non-hydrogen) atoms. The van der Waals surface area contributed by atoms with Gasteiger partial charge in [0.1, 0.15) is 12.1 Å². The lowest BCUT2D eigenvalue weighted by Crippen LogP contribution is -2.51. The van der Waals surface area contributed by atoms with Crippen LogP contribution in [0.3, 0.4) is 0 Å². The van der Waals surface area contributed by atoms with E-state index >= 15 is 0 Å². The van der Waals surface area contributed by atoms with Crippen molar-refractivity contribution in [2.75, 3.05) is 6.54 Å². The zero-order chi connectivity index (χ0) is 15.0. The van der Waals surface area contributed by atoms with Gasteiger partial charge in [0.25, 0.3) is 0 Å². The first-order chi connectivity index (χ1) is 8.73. The van der Waals surface area contributed by atoms with Crippen LogP contribution in [-0.2, 0) is 19.2 Å². The minimum atomic E-state index is -1.20. The van der Waals surface area contributed by atoms with Gasteiger partial charge in [-0.15, -0.1) is 0 Å². The van der Waals surface area contributed by atoms with E-state index in [0.29, 0.717) is 0 Å². The van der Waals surface area contributed by atoms with E-state index in [9.17, 15) is 19.2 Å². The first kappa shape index (κ1) is 16.6. The maximum atomic E-state index is 11.4. The molecule has 0 aromatic heterocycles. The number of primary amides is 1.